The Morgan fingerprint density at radius 3 is 3.00 bits per heavy atom. The molecule has 0 amide bonds. The third-order valence-corrected chi connectivity index (χ3v) is 2.59. The number of rotatable bonds is 3. The third-order valence-electron chi connectivity index (χ3n) is 2.37. The zero-order valence-corrected chi connectivity index (χ0v) is 9.05. The van der Waals surface area contributed by atoms with Gasteiger partial charge in [0.15, 0.2) is 5.58 Å². The Balaban J connectivity index is 2.48. The van der Waals surface area contributed by atoms with Crippen LogP contribution in [0.3, 0.4) is 0 Å². The van der Waals surface area contributed by atoms with E-state index in [0.717, 1.165) is 35.3 Å². The van der Waals surface area contributed by atoms with Gasteiger partial charge in [0.2, 0.25) is 0 Å². The van der Waals surface area contributed by atoms with Gasteiger partial charge in [-0.1, -0.05) is 18.1 Å². The van der Waals surface area contributed by atoms with Crippen LogP contribution in [0, 0.1) is 0 Å². The number of nitrogens with zero attached hydrogens (tertiary/aromatic N) is 1. The monoisotopic (exact) mass is 207 g/mol. The van der Waals surface area contributed by atoms with Crippen LogP contribution in [0.25, 0.3) is 11.0 Å². The third kappa shape index (κ3) is 1.64. The van der Waals surface area contributed by atoms with Crippen molar-refractivity contribution in [1.82, 2.24) is 5.16 Å². The Labute approximate surface area is 88.7 Å². The van der Waals surface area contributed by atoms with E-state index >= 15 is 0 Å². The van der Waals surface area contributed by atoms with Crippen molar-refractivity contribution < 1.29 is 4.52 Å². The van der Waals surface area contributed by atoms with Crippen molar-refractivity contribution in [2.45, 2.75) is 19.8 Å². The minimum atomic E-state index is 0.803. The molecule has 0 fully saturated rings. The summed E-state index contributed by atoms with van der Waals surface area (Å²) in [5, 5.41) is 5.16. The Morgan fingerprint density at radius 1 is 1.43 bits per heavy atom. The molecule has 74 valence electrons. The molecule has 2 rings (SSSR count). The molecule has 0 radical (unpaired) electrons. The van der Waals surface area contributed by atoms with E-state index in [2.05, 4.69) is 42.9 Å². The van der Waals surface area contributed by atoms with Gasteiger partial charge in [-0.05, 0) is 29.9 Å². The Kier molecular flexibility index (Phi) is 2.77. The first-order valence-electron chi connectivity index (χ1n) is 4.83. The highest BCUT2D eigenvalue weighted by Crippen LogP contribution is 2.20. The maximum absolute atomic E-state index is 5.26. The molecule has 0 saturated heterocycles. The number of aryl methyl sites for hydroxylation is 2. The largest absolute Gasteiger partial charge is 0.356 e. The van der Waals surface area contributed by atoms with Crippen molar-refractivity contribution in [3.63, 3.8) is 0 Å². The molecule has 0 N–H and O–H groups in total. The molecule has 0 bridgehead atoms. The Bertz CT molecular complexity index is 436. The highest BCUT2D eigenvalue weighted by Gasteiger charge is 2.06. The van der Waals surface area contributed by atoms with Gasteiger partial charge < -0.3 is 4.52 Å². The minimum absolute atomic E-state index is 0.803. The van der Waals surface area contributed by atoms with Crippen LogP contribution in [0.15, 0.2) is 22.7 Å². The van der Waals surface area contributed by atoms with Gasteiger partial charge in [0, 0.05) is 11.8 Å². The summed E-state index contributed by atoms with van der Waals surface area (Å²) in [5.41, 5.74) is 3.19. The molecule has 14 heavy (non-hydrogen) atoms. The summed E-state index contributed by atoms with van der Waals surface area (Å²) < 4.78 is 5.26. The molecule has 0 saturated carbocycles. The van der Waals surface area contributed by atoms with Crippen molar-refractivity contribution in [3.05, 3.63) is 29.5 Å². The van der Waals surface area contributed by atoms with E-state index in [1.165, 1.54) is 5.56 Å². The fraction of sp³-hybridized carbons (Fsp3) is 0.364. The summed E-state index contributed by atoms with van der Waals surface area (Å²) in [6, 6.07) is 6.27. The minimum Gasteiger partial charge on any atom is -0.356 e. The zero-order chi connectivity index (χ0) is 9.97. The van der Waals surface area contributed by atoms with Crippen molar-refractivity contribution in [2.75, 3.05) is 5.75 Å². The molecule has 0 atom stereocenters. The van der Waals surface area contributed by atoms with Crippen LogP contribution < -0.4 is 0 Å². The molecule has 1 heterocycles. The van der Waals surface area contributed by atoms with Crippen LogP contribution in [-0.2, 0) is 12.8 Å². The van der Waals surface area contributed by atoms with Crippen LogP contribution in [0.1, 0.15) is 18.2 Å². The van der Waals surface area contributed by atoms with Crippen molar-refractivity contribution in [2.24, 2.45) is 0 Å². The second kappa shape index (κ2) is 4.05. The summed E-state index contributed by atoms with van der Waals surface area (Å²) in [6.45, 7) is 2.13. The van der Waals surface area contributed by atoms with Gasteiger partial charge in [0.25, 0.3) is 0 Å². The van der Waals surface area contributed by atoms with Crippen LogP contribution in [0.2, 0.25) is 0 Å². The van der Waals surface area contributed by atoms with Crippen molar-refractivity contribution in [1.29, 1.82) is 0 Å². The lowest BCUT2D eigenvalue weighted by Crippen LogP contribution is -1.86. The van der Waals surface area contributed by atoms with E-state index < -0.39 is 0 Å². The summed E-state index contributed by atoms with van der Waals surface area (Å²) in [4.78, 5) is 0. The molecule has 0 spiro atoms. The molecule has 0 aliphatic heterocycles. The predicted octanol–water partition coefficient (Wildman–Crippen LogP) is 2.86. The van der Waals surface area contributed by atoms with E-state index in [4.69, 9.17) is 4.52 Å². The summed E-state index contributed by atoms with van der Waals surface area (Å²) in [5.74, 6) is 0.803. The molecule has 1 aromatic carbocycles. The second-order valence-corrected chi connectivity index (χ2v) is 3.73. The molecule has 0 aliphatic rings. The van der Waals surface area contributed by atoms with Crippen LogP contribution >= 0.6 is 12.6 Å². The highest BCUT2D eigenvalue weighted by molar-refractivity contribution is 7.80. The quantitative estimate of drug-likeness (QED) is 0.783. The van der Waals surface area contributed by atoms with Crippen molar-refractivity contribution in [3.8, 4) is 0 Å². The molecule has 2 nitrogen and oxygen atoms in total. The summed E-state index contributed by atoms with van der Waals surface area (Å²) in [6.07, 6.45) is 1.89. The van der Waals surface area contributed by atoms with Gasteiger partial charge in [-0.25, -0.2) is 0 Å². The van der Waals surface area contributed by atoms with E-state index in [9.17, 15) is 0 Å². The fourth-order valence-corrected chi connectivity index (χ4v) is 1.75. The number of thiol groups is 1. The van der Waals surface area contributed by atoms with Gasteiger partial charge in [-0.2, -0.15) is 12.6 Å². The zero-order valence-electron chi connectivity index (χ0n) is 8.16. The van der Waals surface area contributed by atoms with Gasteiger partial charge >= 0.3 is 0 Å². The number of benzene rings is 1. The van der Waals surface area contributed by atoms with Crippen LogP contribution in [0.5, 0.6) is 0 Å². The normalized spacial score (nSPS) is 11.0. The second-order valence-electron chi connectivity index (χ2n) is 3.29. The molecule has 0 unspecified atom stereocenters. The van der Waals surface area contributed by atoms with E-state index in [1.54, 1.807) is 0 Å². The standard InChI is InChI=1S/C11H13NOS/c1-2-8-3-4-9-10(5-6-14)12-13-11(9)7-8/h3-4,7,14H,2,5-6H2,1H3. The van der Waals surface area contributed by atoms with Gasteiger partial charge in [0.1, 0.15) is 0 Å². The number of fused-ring (bicyclic) bond motifs is 1. The maximum atomic E-state index is 5.26. The van der Waals surface area contributed by atoms with Gasteiger partial charge in [0.05, 0.1) is 5.69 Å². The van der Waals surface area contributed by atoms with Crippen LogP contribution in [-0.4, -0.2) is 10.9 Å². The van der Waals surface area contributed by atoms with Gasteiger partial charge in [-0.15, -0.1) is 0 Å². The number of hydrogen-bond donors (Lipinski definition) is 1. The Hall–Kier alpha value is -0.960. The lowest BCUT2D eigenvalue weighted by atomic mass is 10.1. The van der Waals surface area contributed by atoms with Crippen molar-refractivity contribution >= 4 is 23.6 Å². The molecule has 1 aromatic heterocycles. The van der Waals surface area contributed by atoms with E-state index in [1.807, 2.05) is 0 Å². The van der Waals surface area contributed by atoms with E-state index in [-0.39, 0.29) is 0 Å². The summed E-state index contributed by atoms with van der Waals surface area (Å²) >= 11 is 4.19. The average molecular weight is 207 g/mol. The molecule has 2 aromatic rings. The topological polar surface area (TPSA) is 26.0 Å². The lowest BCUT2D eigenvalue weighted by molar-refractivity contribution is 0.447. The molecule has 0 aliphatic carbocycles. The Morgan fingerprint density at radius 2 is 2.29 bits per heavy atom. The van der Waals surface area contributed by atoms with E-state index in [0.29, 0.717) is 0 Å². The maximum Gasteiger partial charge on any atom is 0.167 e. The predicted molar refractivity (Wildman–Crippen MR) is 60.9 cm³/mol. The summed E-state index contributed by atoms with van der Waals surface area (Å²) in [7, 11) is 0. The SMILES string of the molecule is CCc1ccc2c(CCS)noc2c1. The number of hydrogen-bond acceptors (Lipinski definition) is 3. The average Bonchev–Trinajstić information content (AvgIpc) is 2.61. The first-order chi connectivity index (χ1) is 6.85. The van der Waals surface area contributed by atoms with Gasteiger partial charge in [-0.3, -0.25) is 0 Å². The molecule has 3 heteroatoms. The van der Waals surface area contributed by atoms with Crippen LogP contribution in [0.4, 0.5) is 0 Å². The first-order valence-corrected chi connectivity index (χ1v) is 5.46. The number of aromatic nitrogens is 1. The molecular weight excluding hydrogens is 194 g/mol. The molecular formula is C11H13NOS. The first kappa shape index (κ1) is 9.59. The lowest BCUT2D eigenvalue weighted by Gasteiger charge is -1.95. The smallest absolute Gasteiger partial charge is 0.167 e. The highest BCUT2D eigenvalue weighted by atomic mass is 32.1. The fourth-order valence-electron chi connectivity index (χ4n) is 1.54.